The zero-order chi connectivity index (χ0) is 25.4. The summed E-state index contributed by atoms with van der Waals surface area (Å²) in [7, 11) is 0. The molecule has 4 N–H and O–H groups in total. The fourth-order valence-electron chi connectivity index (χ4n) is 7.60. The Bertz CT molecular complexity index is 1240. The van der Waals surface area contributed by atoms with Gasteiger partial charge in [-0.05, 0) is 86.3 Å². The van der Waals surface area contributed by atoms with Crippen LogP contribution in [-0.2, 0) is 17.6 Å². The van der Waals surface area contributed by atoms with Crippen molar-refractivity contribution in [2.24, 2.45) is 23.7 Å². The van der Waals surface area contributed by atoms with Crippen LogP contribution in [0.3, 0.4) is 0 Å². The van der Waals surface area contributed by atoms with Gasteiger partial charge in [0.1, 0.15) is 5.54 Å². The van der Waals surface area contributed by atoms with Crippen LogP contribution in [-0.4, -0.2) is 35.0 Å². The van der Waals surface area contributed by atoms with E-state index in [0.717, 1.165) is 34.7 Å². The van der Waals surface area contributed by atoms with Gasteiger partial charge in [-0.3, -0.25) is 4.79 Å². The van der Waals surface area contributed by atoms with Crippen LogP contribution in [0.25, 0.3) is 10.9 Å². The fourth-order valence-corrected chi connectivity index (χ4v) is 7.60. The maximum atomic E-state index is 13.6. The third kappa shape index (κ3) is 4.98. The Kier molecular flexibility index (Phi) is 6.43. The molecule has 4 aliphatic carbocycles. The van der Waals surface area contributed by atoms with Crippen LogP contribution in [0.5, 0.6) is 0 Å². The molecule has 0 spiro atoms. The first-order valence-electron chi connectivity index (χ1n) is 13.9. The Morgan fingerprint density at radius 1 is 0.919 bits per heavy atom. The van der Waals surface area contributed by atoms with Crippen molar-refractivity contribution in [3.05, 3.63) is 71.9 Å². The third-order valence-corrected chi connectivity index (χ3v) is 9.18. The van der Waals surface area contributed by atoms with E-state index < -0.39 is 5.54 Å². The largest absolute Gasteiger partial charge is 0.361 e. The SMILES string of the molecule is C[C@](Cc1c[nH]c2ccccc12)(NC(=O)NC1C2CC3CC(C2)CC1C3)C(=O)NCCc1ccccc1. The number of H-pyrrole nitrogens is 1. The number of aromatic nitrogens is 1. The summed E-state index contributed by atoms with van der Waals surface area (Å²) < 4.78 is 0. The lowest BCUT2D eigenvalue weighted by Crippen LogP contribution is -2.63. The summed E-state index contributed by atoms with van der Waals surface area (Å²) in [6, 6.07) is 18.2. The minimum Gasteiger partial charge on any atom is -0.361 e. The molecule has 4 saturated carbocycles. The number of hydrogen-bond donors (Lipinski definition) is 4. The second kappa shape index (κ2) is 9.88. The monoisotopic (exact) mass is 498 g/mol. The average Bonchev–Trinajstić information content (AvgIpc) is 3.29. The number of rotatable bonds is 8. The van der Waals surface area contributed by atoms with Crippen molar-refractivity contribution in [3.63, 3.8) is 0 Å². The Morgan fingerprint density at radius 2 is 1.59 bits per heavy atom. The minimum absolute atomic E-state index is 0.158. The summed E-state index contributed by atoms with van der Waals surface area (Å²) in [5, 5.41) is 10.6. The van der Waals surface area contributed by atoms with Gasteiger partial charge in [-0.1, -0.05) is 48.5 Å². The molecule has 1 heterocycles. The van der Waals surface area contributed by atoms with E-state index in [0.29, 0.717) is 24.8 Å². The van der Waals surface area contributed by atoms with Crippen LogP contribution in [0.2, 0.25) is 0 Å². The number of para-hydroxylation sites is 1. The van der Waals surface area contributed by atoms with Crippen LogP contribution in [0.15, 0.2) is 60.8 Å². The Hall–Kier alpha value is -3.28. The second-order valence-corrected chi connectivity index (χ2v) is 11.9. The lowest BCUT2D eigenvalue weighted by molar-refractivity contribution is -0.126. The first-order valence-corrected chi connectivity index (χ1v) is 13.9. The zero-order valence-corrected chi connectivity index (χ0v) is 21.6. The topological polar surface area (TPSA) is 86.0 Å². The Balaban J connectivity index is 1.17. The van der Waals surface area contributed by atoms with E-state index in [1.807, 2.05) is 49.5 Å². The highest BCUT2D eigenvalue weighted by Gasteiger charge is 2.49. The van der Waals surface area contributed by atoms with Gasteiger partial charge in [0.05, 0.1) is 0 Å². The molecule has 6 nitrogen and oxygen atoms in total. The van der Waals surface area contributed by atoms with Crippen molar-refractivity contribution in [2.75, 3.05) is 6.54 Å². The molecule has 1 atom stereocenters. The molecule has 3 aromatic rings. The van der Waals surface area contributed by atoms with Crippen LogP contribution in [0.1, 0.15) is 50.2 Å². The summed E-state index contributed by atoms with van der Waals surface area (Å²) in [4.78, 5) is 30.4. The Labute approximate surface area is 219 Å². The van der Waals surface area contributed by atoms with E-state index in [1.165, 1.54) is 37.7 Å². The van der Waals surface area contributed by atoms with Gasteiger partial charge in [0, 0.05) is 36.1 Å². The van der Waals surface area contributed by atoms with E-state index in [1.54, 1.807) is 0 Å². The average molecular weight is 499 g/mol. The van der Waals surface area contributed by atoms with Gasteiger partial charge in [0.15, 0.2) is 0 Å². The molecule has 194 valence electrons. The van der Waals surface area contributed by atoms with E-state index >= 15 is 0 Å². The van der Waals surface area contributed by atoms with E-state index in [9.17, 15) is 9.59 Å². The number of fused-ring (bicyclic) bond motifs is 1. The number of aromatic amines is 1. The van der Waals surface area contributed by atoms with E-state index in [4.69, 9.17) is 0 Å². The molecule has 1 aromatic heterocycles. The molecular weight excluding hydrogens is 460 g/mol. The highest BCUT2D eigenvalue weighted by Crippen LogP contribution is 2.53. The van der Waals surface area contributed by atoms with E-state index in [-0.39, 0.29) is 18.0 Å². The quantitative estimate of drug-likeness (QED) is 0.354. The molecule has 0 saturated heterocycles. The summed E-state index contributed by atoms with van der Waals surface area (Å²) in [6.07, 6.45) is 9.46. The van der Waals surface area contributed by atoms with Gasteiger partial charge < -0.3 is 20.9 Å². The number of benzene rings is 2. The van der Waals surface area contributed by atoms with Gasteiger partial charge in [-0.25, -0.2) is 4.79 Å². The van der Waals surface area contributed by atoms with Crippen LogP contribution < -0.4 is 16.0 Å². The molecule has 4 fully saturated rings. The predicted octanol–water partition coefficient (Wildman–Crippen LogP) is 4.95. The molecule has 37 heavy (non-hydrogen) atoms. The molecule has 4 bridgehead atoms. The number of hydrogen-bond acceptors (Lipinski definition) is 2. The number of carbonyl (C=O) groups excluding carboxylic acids is 2. The summed E-state index contributed by atoms with van der Waals surface area (Å²) in [5.74, 6) is 2.72. The smallest absolute Gasteiger partial charge is 0.315 e. The first-order chi connectivity index (χ1) is 18.0. The molecule has 6 heteroatoms. The predicted molar refractivity (Wildman–Crippen MR) is 146 cm³/mol. The summed E-state index contributed by atoms with van der Waals surface area (Å²) in [5.41, 5.74) is 2.14. The van der Waals surface area contributed by atoms with Gasteiger partial charge in [-0.2, -0.15) is 0 Å². The zero-order valence-electron chi connectivity index (χ0n) is 21.6. The van der Waals surface area contributed by atoms with Gasteiger partial charge >= 0.3 is 6.03 Å². The van der Waals surface area contributed by atoms with Crippen LogP contribution >= 0.6 is 0 Å². The highest BCUT2D eigenvalue weighted by molar-refractivity contribution is 5.92. The van der Waals surface area contributed by atoms with Crippen molar-refractivity contribution in [1.82, 2.24) is 20.9 Å². The molecular formula is C31H38N4O2. The van der Waals surface area contributed by atoms with Crippen molar-refractivity contribution >= 4 is 22.8 Å². The molecule has 0 aliphatic heterocycles. The first kappa shape index (κ1) is 24.1. The molecule has 7 rings (SSSR count). The molecule has 3 amide bonds. The van der Waals surface area contributed by atoms with Crippen LogP contribution in [0, 0.1) is 23.7 Å². The summed E-state index contributed by atoms with van der Waals surface area (Å²) >= 11 is 0. The highest BCUT2D eigenvalue weighted by atomic mass is 16.2. The second-order valence-electron chi connectivity index (χ2n) is 11.9. The number of urea groups is 1. The lowest BCUT2D eigenvalue weighted by Gasteiger charge is -2.54. The van der Waals surface area contributed by atoms with Gasteiger partial charge in [0.2, 0.25) is 5.91 Å². The lowest BCUT2D eigenvalue weighted by atomic mass is 9.54. The normalized spacial score (nSPS) is 27.5. The van der Waals surface area contributed by atoms with E-state index in [2.05, 4.69) is 39.1 Å². The number of nitrogens with one attached hydrogen (secondary N) is 4. The maximum absolute atomic E-state index is 13.6. The standard InChI is InChI=1S/C31H38N4O2/c1-31(18-25-19-33-27-10-6-5-9-26(25)27,29(36)32-12-11-20-7-3-2-4-8-20)35-30(37)34-28-23-14-21-13-22(16-23)17-24(28)15-21/h2-10,19,21-24,28,33H,11-18H2,1H3,(H,32,36)(H2,34,35,37)/t21?,22?,23?,24?,28?,31-/m1/s1. The van der Waals surface area contributed by atoms with Crippen molar-refractivity contribution in [3.8, 4) is 0 Å². The summed E-state index contributed by atoms with van der Waals surface area (Å²) in [6.45, 7) is 2.37. The van der Waals surface area contributed by atoms with Crippen molar-refractivity contribution in [1.29, 1.82) is 0 Å². The molecule has 0 unspecified atom stereocenters. The molecule has 4 aliphatic rings. The molecule has 2 aromatic carbocycles. The van der Waals surface area contributed by atoms with Crippen LogP contribution in [0.4, 0.5) is 4.79 Å². The van der Waals surface area contributed by atoms with Gasteiger partial charge in [0.25, 0.3) is 0 Å². The van der Waals surface area contributed by atoms with Crippen molar-refractivity contribution in [2.45, 2.75) is 63.5 Å². The van der Waals surface area contributed by atoms with Gasteiger partial charge in [-0.15, -0.1) is 0 Å². The third-order valence-electron chi connectivity index (χ3n) is 9.18. The Morgan fingerprint density at radius 3 is 2.32 bits per heavy atom. The number of amides is 3. The minimum atomic E-state index is -1.09. The maximum Gasteiger partial charge on any atom is 0.315 e. The van der Waals surface area contributed by atoms with Crippen molar-refractivity contribution < 1.29 is 9.59 Å². The molecule has 0 radical (unpaired) electrons. The fraction of sp³-hybridized carbons (Fsp3) is 0.484. The number of carbonyl (C=O) groups is 2.